The number of halogens is 3. The second-order valence-electron chi connectivity index (χ2n) is 5.60. The molecule has 0 unspecified atom stereocenters. The highest BCUT2D eigenvalue weighted by Gasteiger charge is 2.16. The van der Waals surface area contributed by atoms with Gasteiger partial charge in [0.2, 0.25) is 11.1 Å². The van der Waals surface area contributed by atoms with Crippen molar-refractivity contribution in [3.05, 3.63) is 57.8 Å². The molecule has 0 aliphatic rings. The Balaban J connectivity index is 1.69. The summed E-state index contributed by atoms with van der Waals surface area (Å²) < 4.78 is 14.6. The van der Waals surface area contributed by atoms with Crippen LogP contribution in [0.2, 0.25) is 10.0 Å². The predicted octanol–water partition coefficient (Wildman–Crippen LogP) is 4.14. The highest BCUT2D eigenvalue weighted by Crippen LogP contribution is 2.30. The summed E-state index contributed by atoms with van der Waals surface area (Å²) in [6.07, 6.45) is 0. The van der Waals surface area contributed by atoms with Crippen molar-refractivity contribution in [1.29, 1.82) is 0 Å². The molecule has 0 radical (unpaired) electrons. The second kappa shape index (κ2) is 8.16. The molecule has 0 saturated carbocycles. The molecule has 1 aromatic heterocycles. The normalized spacial score (nSPS) is 10.8. The number of nitrogens with two attached hydrogens (primary N) is 1. The maximum Gasteiger partial charge on any atom is 0.234 e. The number of nitrogens with zero attached hydrogens (tertiary/aromatic N) is 3. The predicted molar refractivity (Wildman–Crippen MR) is 106 cm³/mol. The van der Waals surface area contributed by atoms with E-state index in [0.717, 1.165) is 17.3 Å². The zero-order valence-corrected chi connectivity index (χ0v) is 16.4. The van der Waals surface area contributed by atoms with Crippen LogP contribution in [0.4, 0.5) is 10.1 Å². The second-order valence-corrected chi connectivity index (χ2v) is 7.38. The van der Waals surface area contributed by atoms with Crippen molar-refractivity contribution in [2.45, 2.75) is 12.1 Å². The number of hydrogen-bond acceptors (Lipinski definition) is 5. The molecule has 1 amide bonds. The summed E-state index contributed by atoms with van der Waals surface area (Å²) in [6.45, 7) is 1.78. The molecule has 6 nitrogen and oxygen atoms in total. The van der Waals surface area contributed by atoms with Gasteiger partial charge in [0.15, 0.2) is 5.82 Å². The molecule has 0 aliphatic heterocycles. The first-order valence-corrected chi connectivity index (χ1v) is 9.44. The van der Waals surface area contributed by atoms with Gasteiger partial charge >= 0.3 is 0 Å². The number of thioether (sulfide) groups is 1. The maximum absolute atomic E-state index is 13.3. The number of hydrogen-bond donors (Lipinski definition) is 2. The number of anilines is 1. The maximum atomic E-state index is 13.3. The van der Waals surface area contributed by atoms with Crippen LogP contribution in [0, 0.1) is 12.7 Å². The first kappa shape index (κ1) is 19.5. The van der Waals surface area contributed by atoms with Crippen LogP contribution in [0.25, 0.3) is 11.4 Å². The van der Waals surface area contributed by atoms with Gasteiger partial charge in [-0.2, -0.15) is 0 Å². The fourth-order valence-corrected chi connectivity index (χ4v) is 3.42. The standard InChI is InChI=1S/C17H14Cl2FN5OS/c1-9-2-4-11(20)7-14(9)22-15(26)8-27-17-24-23-16(25(17)21)12-5-3-10(18)6-13(12)19/h2-7H,8,21H2,1H3,(H,22,26). The Morgan fingerprint density at radius 2 is 2.04 bits per heavy atom. The third-order valence-electron chi connectivity index (χ3n) is 3.64. The SMILES string of the molecule is Cc1ccc(F)cc1NC(=O)CSc1nnc(-c2ccc(Cl)cc2Cl)n1N. The van der Waals surface area contributed by atoms with Crippen molar-refractivity contribution in [3.63, 3.8) is 0 Å². The molecule has 3 rings (SSSR count). The number of aromatic nitrogens is 3. The zero-order valence-electron chi connectivity index (χ0n) is 14.0. The highest BCUT2D eigenvalue weighted by atomic mass is 35.5. The summed E-state index contributed by atoms with van der Waals surface area (Å²) in [5, 5.41) is 11.9. The Hall–Kier alpha value is -2.29. The molecule has 0 saturated heterocycles. The Bertz CT molecular complexity index is 1010. The smallest absolute Gasteiger partial charge is 0.234 e. The van der Waals surface area contributed by atoms with E-state index >= 15 is 0 Å². The Morgan fingerprint density at radius 3 is 2.78 bits per heavy atom. The van der Waals surface area contributed by atoms with Crippen LogP contribution >= 0.6 is 35.0 Å². The van der Waals surface area contributed by atoms with Crippen LogP contribution in [0.1, 0.15) is 5.56 Å². The minimum atomic E-state index is -0.422. The quantitative estimate of drug-likeness (QED) is 0.473. The molecular weight excluding hydrogens is 412 g/mol. The van der Waals surface area contributed by atoms with Crippen molar-refractivity contribution in [2.24, 2.45) is 0 Å². The molecular formula is C17H14Cl2FN5OS. The van der Waals surface area contributed by atoms with Gasteiger partial charge in [0.1, 0.15) is 5.82 Å². The van der Waals surface area contributed by atoms with Crippen LogP contribution in [0.3, 0.4) is 0 Å². The van der Waals surface area contributed by atoms with Gasteiger partial charge in [-0.15, -0.1) is 10.2 Å². The van der Waals surface area contributed by atoms with Crippen molar-refractivity contribution in [1.82, 2.24) is 14.9 Å². The Kier molecular flexibility index (Phi) is 5.88. The summed E-state index contributed by atoms with van der Waals surface area (Å²) in [5.74, 6) is 5.66. The van der Waals surface area contributed by atoms with E-state index in [-0.39, 0.29) is 11.7 Å². The summed E-state index contributed by atoms with van der Waals surface area (Å²) >= 11 is 13.2. The van der Waals surface area contributed by atoms with Gasteiger partial charge in [0.25, 0.3) is 0 Å². The molecule has 10 heteroatoms. The Labute approximate surface area is 168 Å². The van der Waals surface area contributed by atoms with E-state index in [1.165, 1.54) is 16.8 Å². The van der Waals surface area contributed by atoms with Crippen LogP contribution in [0.15, 0.2) is 41.6 Å². The number of carbonyl (C=O) groups excluding carboxylic acids is 1. The number of nitrogen functional groups attached to an aromatic ring is 1. The van der Waals surface area contributed by atoms with Gasteiger partial charge < -0.3 is 11.2 Å². The first-order valence-electron chi connectivity index (χ1n) is 7.70. The molecule has 0 bridgehead atoms. The van der Waals surface area contributed by atoms with E-state index in [4.69, 9.17) is 29.0 Å². The van der Waals surface area contributed by atoms with Crippen LogP contribution in [-0.4, -0.2) is 26.5 Å². The molecule has 3 aromatic rings. The third kappa shape index (κ3) is 4.52. The minimum Gasteiger partial charge on any atom is -0.335 e. The van der Waals surface area contributed by atoms with Crippen molar-refractivity contribution in [3.8, 4) is 11.4 Å². The van der Waals surface area contributed by atoms with Crippen molar-refractivity contribution < 1.29 is 9.18 Å². The summed E-state index contributed by atoms with van der Waals surface area (Å²) in [4.78, 5) is 12.1. The van der Waals surface area contributed by atoms with Gasteiger partial charge in [-0.1, -0.05) is 41.0 Å². The van der Waals surface area contributed by atoms with E-state index in [2.05, 4.69) is 15.5 Å². The van der Waals surface area contributed by atoms with Gasteiger partial charge in [-0.05, 0) is 42.8 Å². The first-order chi connectivity index (χ1) is 12.8. The fraction of sp³-hybridized carbons (Fsp3) is 0.118. The fourth-order valence-electron chi connectivity index (χ4n) is 2.28. The minimum absolute atomic E-state index is 0.0274. The van der Waals surface area contributed by atoms with Crippen LogP contribution < -0.4 is 11.2 Å². The van der Waals surface area contributed by atoms with Gasteiger partial charge in [-0.3, -0.25) is 4.79 Å². The zero-order chi connectivity index (χ0) is 19.6. The number of amides is 1. The number of rotatable bonds is 5. The number of benzene rings is 2. The monoisotopic (exact) mass is 425 g/mol. The molecule has 3 N–H and O–H groups in total. The van der Waals surface area contributed by atoms with E-state index < -0.39 is 5.82 Å². The van der Waals surface area contributed by atoms with Crippen molar-refractivity contribution >= 4 is 46.6 Å². The lowest BCUT2D eigenvalue weighted by atomic mass is 10.2. The lowest BCUT2D eigenvalue weighted by Crippen LogP contribution is -2.17. The Morgan fingerprint density at radius 1 is 1.26 bits per heavy atom. The average molecular weight is 426 g/mol. The molecule has 140 valence electrons. The van der Waals surface area contributed by atoms with Gasteiger partial charge in [0, 0.05) is 16.3 Å². The number of carbonyl (C=O) groups is 1. The molecule has 2 aromatic carbocycles. The lowest BCUT2D eigenvalue weighted by Gasteiger charge is -2.08. The number of aryl methyl sites for hydroxylation is 1. The highest BCUT2D eigenvalue weighted by molar-refractivity contribution is 7.99. The summed E-state index contributed by atoms with van der Waals surface area (Å²) in [7, 11) is 0. The largest absolute Gasteiger partial charge is 0.335 e. The molecule has 0 aliphatic carbocycles. The molecule has 0 spiro atoms. The van der Waals surface area contributed by atoms with E-state index in [1.807, 2.05) is 0 Å². The van der Waals surface area contributed by atoms with Gasteiger partial charge in [0.05, 0.1) is 10.8 Å². The molecule has 0 fully saturated rings. The van der Waals surface area contributed by atoms with Crippen LogP contribution in [-0.2, 0) is 4.79 Å². The van der Waals surface area contributed by atoms with E-state index in [0.29, 0.717) is 32.3 Å². The molecule has 0 atom stereocenters. The van der Waals surface area contributed by atoms with E-state index in [9.17, 15) is 9.18 Å². The third-order valence-corrected chi connectivity index (χ3v) is 5.13. The molecule has 1 heterocycles. The summed E-state index contributed by atoms with van der Waals surface area (Å²) in [6, 6.07) is 9.13. The molecule has 27 heavy (non-hydrogen) atoms. The topological polar surface area (TPSA) is 85.8 Å². The van der Waals surface area contributed by atoms with Gasteiger partial charge in [-0.25, -0.2) is 9.07 Å². The average Bonchev–Trinajstić information content (AvgIpc) is 2.97. The van der Waals surface area contributed by atoms with Crippen molar-refractivity contribution in [2.75, 3.05) is 16.9 Å². The number of nitrogens with one attached hydrogen (secondary N) is 1. The lowest BCUT2D eigenvalue weighted by molar-refractivity contribution is -0.113. The van der Waals surface area contributed by atoms with E-state index in [1.54, 1.807) is 31.2 Å². The summed E-state index contributed by atoms with van der Waals surface area (Å²) in [5.41, 5.74) is 1.75. The van der Waals surface area contributed by atoms with Crippen LogP contribution in [0.5, 0.6) is 0 Å².